The number of nitrogens with one attached hydrogen (secondary N) is 1. The summed E-state index contributed by atoms with van der Waals surface area (Å²) in [5.74, 6) is -3.34. The number of rotatable bonds is 6. The van der Waals surface area contributed by atoms with Crippen molar-refractivity contribution in [2.45, 2.75) is 65.3 Å². The van der Waals surface area contributed by atoms with Crippen LogP contribution < -0.4 is 5.32 Å². The fraction of sp³-hybridized carbons (Fsp3) is 0.688. The molecule has 1 heterocycles. The predicted molar refractivity (Wildman–Crippen MR) is 85.8 cm³/mol. The molecule has 0 aromatic carbocycles. The molecule has 0 radical (unpaired) electrons. The van der Waals surface area contributed by atoms with Gasteiger partial charge in [-0.15, -0.1) is 0 Å². The number of carbonyl (C=O) groups excluding carboxylic acids is 5. The summed E-state index contributed by atoms with van der Waals surface area (Å²) in [6.07, 6.45) is -4.97. The summed E-state index contributed by atoms with van der Waals surface area (Å²) in [6.45, 7) is 5.36. The van der Waals surface area contributed by atoms with Gasteiger partial charge >= 0.3 is 23.9 Å². The molecule has 152 valence electrons. The molecular weight excluding hydrogens is 366 g/mol. The molecular formula is C16H23NO10. The van der Waals surface area contributed by atoms with Crippen molar-refractivity contribution in [3.63, 3.8) is 0 Å². The summed E-state index contributed by atoms with van der Waals surface area (Å²) < 4.78 is 25.9. The second-order valence-electron chi connectivity index (χ2n) is 5.83. The quantitative estimate of drug-likeness (QED) is 0.453. The van der Waals surface area contributed by atoms with Gasteiger partial charge in [0.15, 0.2) is 12.2 Å². The molecule has 0 unspecified atom stereocenters. The monoisotopic (exact) mass is 389 g/mol. The average Bonchev–Trinajstić information content (AvgIpc) is 2.49. The van der Waals surface area contributed by atoms with Crippen LogP contribution in [0.3, 0.4) is 0 Å². The maximum absolute atomic E-state index is 11.6. The van der Waals surface area contributed by atoms with Crippen LogP contribution in [-0.4, -0.2) is 67.0 Å². The third-order valence-electron chi connectivity index (χ3n) is 3.35. The topological polar surface area (TPSA) is 144 Å². The summed E-state index contributed by atoms with van der Waals surface area (Å²) in [6, 6.07) is -1.16. The van der Waals surface area contributed by atoms with Crippen molar-refractivity contribution in [1.29, 1.82) is 0 Å². The highest BCUT2D eigenvalue weighted by molar-refractivity contribution is 5.74. The summed E-state index contributed by atoms with van der Waals surface area (Å²) >= 11 is 0. The number of amides is 1. The number of hydrogen-bond donors (Lipinski definition) is 1. The number of hydrogen-bond acceptors (Lipinski definition) is 10. The minimum atomic E-state index is -1.37. The van der Waals surface area contributed by atoms with E-state index in [1.54, 1.807) is 0 Å². The SMILES string of the molecule is CC(=O)N[C@@H]1[C@@H](OC(C)=O)O[C@H](COC(C)=O)[C@@H](OC(C)=O)[C@H]1OC(C)=O. The van der Waals surface area contributed by atoms with Crippen LogP contribution in [0.15, 0.2) is 0 Å². The summed E-state index contributed by atoms with van der Waals surface area (Å²) in [5, 5.41) is 2.46. The van der Waals surface area contributed by atoms with Crippen molar-refractivity contribution in [3.8, 4) is 0 Å². The normalized spacial score (nSPS) is 27.1. The van der Waals surface area contributed by atoms with Gasteiger partial charge < -0.3 is 29.0 Å². The maximum atomic E-state index is 11.6. The van der Waals surface area contributed by atoms with E-state index in [0.717, 1.165) is 27.7 Å². The molecule has 1 aliphatic rings. The highest BCUT2D eigenvalue weighted by Crippen LogP contribution is 2.28. The van der Waals surface area contributed by atoms with Gasteiger partial charge in [-0.3, -0.25) is 24.0 Å². The Bertz CT molecular complexity index is 604. The van der Waals surface area contributed by atoms with E-state index in [-0.39, 0.29) is 6.61 Å². The van der Waals surface area contributed by atoms with Crippen molar-refractivity contribution in [2.24, 2.45) is 0 Å². The van der Waals surface area contributed by atoms with E-state index in [0.29, 0.717) is 0 Å². The minimum Gasteiger partial charge on any atom is -0.463 e. The van der Waals surface area contributed by atoms with Crippen LogP contribution >= 0.6 is 0 Å². The summed E-state index contributed by atoms with van der Waals surface area (Å²) in [5.41, 5.74) is 0. The number of ether oxygens (including phenoxy) is 5. The van der Waals surface area contributed by atoms with Crippen molar-refractivity contribution in [2.75, 3.05) is 6.61 Å². The lowest BCUT2D eigenvalue weighted by molar-refractivity contribution is -0.270. The fourth-order valence-corrected chi connectivity index (χ4v) is 2.55. The summed E-state index contributed by atoms with van der Waals surface area (Å²) in [4.78, 5) is 57.2. The minimum absolute atomic E-state index is 0.365. The molecule has 1 saturated heterocycles. The standard InChI is InChI=1S/C16H23NO10/c1-7(18)17-13-15(25-10(4)21)14(24-9(3)20)12(6-23-8(2)19)27-16(13)26-11(5)22/h12-16H,6H2,1-5H3,(H,17,18)/t12-,13+,14-,15+,16+/m1/s1. The first-order valence-electron chi connectivity index (χ1n) is 8.08. The third-order valence-corrected chi connectivity index (χ3v) is 3.35. The van der Waals surface area contributed by atoms with E-state index in [1.807, 2.05) is 0 Å². The van der Waals surface area contributed by atoms with E-state index in [2.05, 4.69) is 5.32 Å². The van der Waals surface area contributed by atoms with Gasteiger partial charge in [0, 0.05) is 34.6 Å². The van der Waals surface area contributed by atoms with E-state index >= 15 is 0 Å². The lowest BCUT2D eigenvalue weighted by Gasteiger charge is -2.44. The van der Waals surface area contributed by atoms with Crippen molar-refractivity contribution >= 4 is 29.8 Å². The molecule has 1 rings (SSSR count). The van der Waals surface area contributed by atoms with Crippen molar-refractivity contribution in [3.05, 3.63) is 0 Å². The Balaban J connectivity index is 3.29. The smallest absolute Gasteiger partial charge is 0.305 e. The van der Waals surface area contributed by atoms with Gasteiger partial charge in [0.05, 0.1) is 0 Å². The number of carbonyl (C=O) groups is 5. The third kappa shape index (κ3) is 7.21. The molecule has 0 aromatic rings. The zero-order chi connectivity index (χ0) is 20.7. The molecule has 0 aromatic heterocycles. The van der Waals surface area contributed by atoms with Gasteiger partial charge in [-0.2, -0.15) is 0 Å². The molecule has 27 heavy (non-hydrogen) atoms. The molecule has 5 atom stereocenters. The van der Waals surface area contributed by atoms with Crippen LogP contribution in [-0.2, 0) is 47.7 Å². The van der Waals surface area contributed by atoms with E-state index < -0.39 is 60.4 Å². The molecule has 11 nitrogen and oxygen atoms in total. The molecule has 1 amide bonds. The van der Waals surface area contributed by atoms with Crippen LogP contribution in [0.25, 0.3) is 0 Å². The molecule has 0 saturated carbocycles. The highest BCUT2D eigenvalue weighted by Gasteiger charge is 2.52. The van der Waals surface area contributed by atoms with Crippen molar-refractivity contribution in [1.82, 2.24) is 5.32 Å². The van der Waals surface area contributed by atoms with E-state index in [4.69, 9.17) is 23.7 Å². The van der Waals surface area contributed by atoms with Crippen LogP contribution in [0, 0.1) is 0 Å². The molecule has 1 fully saturated rings. The van der Waals surface area contributed by atoms with Gasteiger partial charge in [-0.25, -0.2) is 0 Å². The van der Waals surface area contributed by atoms with E-state index in [9.17, 15) is 24.0 Å². The molecule has 1 aliphatic heterocycles. The van der Waals surface area contributed by atoms with Gasteiger partial charge in [0.1, 0.15) is 18.8 Å². The zero-order valence-corrected chi connectivity index (χ0v) is 15.7. The maximum Gasteiger partial charge on any atom is 0.305 e. The molecule has 0 spiro atoms. The van der Waals surface area contributed by atoms with Crippen molar-refractivity contribution < 1.29 is 47.7 Å². The molecule has 0 bridgehead atoms. The predicted octanol–water partition coefficient (Wildman–Crippen LogP) is -0.794. The second kappa shape index (κ2) is 9.86. The Morgan fingerprint density at radius 1 is 0.778 bits per heavy atom. The fourth-order valence-electron chi connectivity index (χ4n) is 2.55. The Morgan fingerprint density at radius 3 is 1.74 bits per heavy atom. The first kappa shape index (κ1) is 22.4. The second-order valence-corrected chi connectivity index (χ2v) is 5.83. The van der Waals surface area contributed by atoms with Gasteiger partial charge in [0.25, 0.3) is 0 Å². The molecule has 0 aliphatic carbocycles. The largest absolute Gasteiger partial charge is 0.463 e. The van der Waals surface area contributed by atoms with Crippen LogP contribution in [0.5, 0.6) is 0 Å². The average molecular weight is 389 g/mol. The highest BCUT2D eigenvalue weighted by atomic mass is 16.7. The Hall–Kier alpha value is -2.69. The van der Waals surface area contributed by atoms with Gasteiger partial charge in [0.2, 0.25) is 12.2 Å². The van der Waals surface area contributed by atoms with Crippen LogP contribution in [0.1, 0.15) is 34.6 Å². The summed E-state index contributed by atoms with van der Waals surface area (Å²) in [7, 11) is 0. The van der Waals surface area contributed by atoms with Crippen LogP contribution in [0.2, 0.25) is 0 Å². The molecule has 11 heteroatoms. The first-order chi connectivity index (χ1) is 12.5. The lowest BCUT2D eigenvalue weighted by atomic mass is 9.96. The zero-order valence-electron chi connectivity index (χ0n) is 15.7. The first-order valence-corrected chi connectivity index (χ1v) is 8.08. The number of esters is 4. The van der Waals surface area contributed by atoms with E-state index in [1.165, 1.54) is 6.92 Å². The van der Waals surface area contributed by atoms with Gasteiger partial charge in [-0.1, -0.05) is 0 Å². The lowest BCUT2D eigenvalue weighted by Crippen LogP contribution is -2.66. The molecule has 1 N–H and O–H groups in total. The van der Waals surface area contributed by atoms with Gasteiger partial charge in [-0.05, 0) is 0 Å². The Labute approximate surface area is 155 Å². The Kier molecular flexibility index (Phi) is 8.16. The Morgan fingerprint density at radius 2 is 1.30 bits per heavy atom. The van der Waals surface area contributed by atoms with Crippen LogP contribution in [0.4, 0.5) is 0 Å².